The Bertz CT molecular complexity index is 499. The smallest absolute Gasteiger partial charge is 0.182 e. The van der Waals surface area contributed by atoms with E-state index in [0.29, 0.717) is 0 Å². The summed E-state index contributed by atoms with van der Waals surface area (Å²) in [6, 6.07) is 3.83. The van der Waals surface area contributed by atoms with Crippen molar-refractivity contribution in [1.82, 2.24) is 0 Å². The van der Waals surface area contributed by atoms with Gasteiger partial charge in [-0.1, -0.05) is 17.7 Å². The average molecular weight is 281 g/mol. The topological polar surface area (TPSA) is 54.4 Å². The number of sulfone groups is 1. The standard InChI is InChI=1S/C11H14ClFO3S/c1-7(2)17(15,16)11-4-3-8(5-9(11)12)10(13)6-14/h3-5,7,10,14H,6H2,1-2H3. The van der Waals surface area contributed by atoms with Crippen LogP contribution in [0.15, 0.2) is 23.1 Å². The van der Waals surface area contributed by atoms with E-state index in [0.717, 1.165) is 0 Å². The lowest BCUT2D eigenvalue weighted by Gasteiger charge is -2.12. The number of hydrogen-bond donors (Lipinski definition) is 1. The van der Waals surface area contributed by atoms with Crippen LogP contribution in [0.25, 0.3) is 0 Å². The van der Waals surface area contributed by atoms with Crippen molar-refractivity contribution in [3.63, 3.8) is 0 Å². The predicted molar refractivity (Wildman–Crippen MR) is 64.7 cm³/mol. The molecule has 3 nitrogen and oxygen atoms in total. The van der Waals surface area contributed by atoms with E-state index in [1.807, 2.05) is 0 Å². The summed E-state index contributed by atoms with van der Waals surface area (Å²) < 4.78 is 36.9. The van der Waals surface area contributed by atoms with E-state index in [1.165, 1.54) is 18.2 Å². The molecule has 96 valence electrons. The second-order valence-corrected chi connectivity index (χ2v) is 6.81. The molecule has 0 aliphatic rings. The lowest BCUT2D eigenvalue weighted by Crippen LogP contribution is -2.14. The molecule has 6 heteroatoms. The van der Waals surface area contributed by atoms with E-state index in [9.17, 15) is 12.8 Å². The summed E-state index contributed by atoms with van der Waals surface area (Å²) in [5.41, 5.74) is 0.167. The van der Waals surface area contributed by atoms with Crippen LogP contribution in [0.2, 0.25) is 5.02 Å². The summed E-state index contributed by atoms with van der Waals surface area (Å²) in [4.78, 5) is -0.0111. The van der Waals surface area contributed by atoms with Gasteiger partial charge in [0.05, 0.1) is 21.8 Å². The molecule has 1 atom stereocenters. The van der Waals surface area contributed by atoms with E-state index >= 15 is 0 Å². The maximum absolute atomic E-state index is 13.2. The highest BCUT2D eigenvalue weighted by atomic mass is 35.5. The van der Waals surface area contributed by atoms with Crippen LogP contribution < -0.4 is 0 Å². The Morgan fingerprint density at radius 1 is 1.41 bits per heavy atom. The summed E-state index contributed by atoms with van der Waals surface area (Å²) in [5.74, 6) is 0. The van der Waals surface area contributed by atoms with Crippen LogP contribution in [0.3, 0.4) is 0 Å². The Balaban J connectivity index is 3.24. The molecule has 1 aromatic carbocycles. The molecule has 1 rings (SSSR count). The quantitative estimate of drug-likeness (QED) is 0.922. The van der Waals surface area contributed by atoms with Gasteiger partial charge in [0.2, 0.25) is 0 Å². The van der Waals surface area contributed by atoms with Gasteiger partial charge in [0.1, 0.15) is 6.17 Å². The molecule has 0 aromatic heterocycles. The first-order chi connectivity index (χ1) is 7.80. The van der Waals surface area contributed by atoms with Crippen LogP contribution in [-0.4, -0.2) is 25.4 Å². The van der Waals surface area contributed by atoms with Crippen molar-refractivity contribution in [3.8, 4) is 0 Å². The van der Waals surface area contributed by atoms with Crippen molar-refractivity contribution in [2.45, 2.75) is 30.2 Å². The van der Waals surface area contributed by atoms with Gasteiger partial charge in [0.25, 0.3) is 0 Å². The van der Waals surface area contributed by atoms with Crippen LogP contribution in [0.5, 0.6) is 0 Å². The maximum Gasteiger partial charge on any atom is 0.182 e. The Morgan fingerprint density at radius 2 is 2.00 bits per heavy atom. The van der Waals surface area contributed by atoms with Gasteiger partial charge < -0.3 is 5.11 Å². The number of hydrogen-bond acceptors (Lipinski definition) is 3. The normalized spacial score (nSPS) is 14.0. The Morgan fingerprint density at radius 3 is 2.41 bits per heavy atom. The van der Waals surface area contributed by atoms with Gasteiger partial charge in [-0.3, -0.25) is 0 Å². The molecule has 0 spiro atoms. The van der Waals surface area contributed by atoms with Crippen LogP contribution in [-0.2, 0) is 9.84 Å². The zero-order chi connectivity index (χ0) is 13.2. The van der Waals surface area contributed by atoms with Crippen molar-refractivity contribution in [1.29, 1.82) is 0 Å². The van der Waals surface area contributed by atoms with Crippen LogP contribution in [0, 0.1) is 0 Å². The molecule has 0 aliphatic carbocycles. The number of alkyl halides is 1. The molecule has 0 saturated carbocycles. The molecular formula is C11H14ClFO3S. The highest BCUT2D eigenvalue weighted by molar-refractivity contribution is 7.92. The van der Waals surface area contributed by atoms with E-state index in [1.54, 1.807) is 13.8 Å². The fourth-order valence-electron chi connectivity index (χ4n) is 1.30. The third-order valence-corrected chi connectivity index (χ3v) is 5.04. The summed E-state index contributed by atoms with van der Waals surface area (Å²) in [6.45, 7) is 2.43. The minimum atomic E-state index is -3.47. The van der Waals surface area contributed by atoms with Crippen LogP contribution in [0.4, 0.5) is 4.39 Å². The molecule has 1 unspecified atom stereocenters. The van der Waals surface area contributed by atoms with Gasteiger partial charge in [0, 0.05) is 0 Å². The summed E-state index contributed by atoms with van der Waals surface area (Å²) >= 11 is 5.83. The van der Waals surface area contributed by atoms with Crippen molar-refractivity contribution >= 4 is 21.4 Å². The minimum absolute atomic E-state index is 0.0111. The van der Waals surface area contributed by atoms with Gasteiger partial charge in [-0.15, -0.1) is 0 Å². The number of benzene rings is 1. The van der Waals surface area contributed by atoms with Crippen molar-refractivity contribution in [2.75, 3.05) is 6.61 Å². The highest BCUT2D eigenvalue weighted by Crippen LogP contribution is 2.29. The first-order valence-corrected chi connectivity index (χ1v) is 7.01. The fraction of sp³-hybridized carbons (Fsp3) is 0.455. The fourth-order valence-corrected chi connectivity index (χ4v) is 2.91. The molecule has 1 aromatic rings. The van der Waals surface area contributed by atoms with Crippen molar-refractivity contribution in [3.05, 3.63) is 28.8 Å². The molecule has 1 N–H and O–H groups in total. The number of aliphatic hydroxyl groups excluding tert-OH is 1. The first-order valence-electron chi connectivity index (χ1n) is 5.09. The predicted octanol–water partition coefficient (Wildman–Crippen LogP) is 2.53. The second-order valence-electron chi connectivity index (χ2n) is 3.93. The van der Waals surface area contributed by atoms with Gasteiger partial charge in [0.15, 0.2) is 9.84 Å². The van der Waals surface area contributed by atoms with Crippen molar-refractivity contribution in [2.24, 2.45) is 0 Å². The van der Waals surface area contributed by atoms with E-state index in [2.05, 4.69) is 0 Å². The molecule has 0 amide bonds. The molecular weight excluding hydrogens is 267 g/mol. The van der Waals surface area contributed by atoms with Crippen LogP contribution >= 0.6 is 11.6 Å². The Labute approximate surface area is 105 Å². The van der Waals surface area contributed by atoms with Gasteiger partial charge in [-0.2, -0.15) is 0 Å². The van der Waals surface area contributed by atoms with E-state index in [4.69, 9.17) is 16.7 Å². The average Bonchev–Trinajstić information content (AvgIpc) is 2.27. The third kappa shape index (κ3) is 2.97. The van der Waals surface area contributed by atoms with E-state index in [-0.39, 0.29) is 15.5 Å². The zero-order valence-electron chi connectivity index (χ0n) is 9.52. The lowest BCUT2D eigenvalue weighted by molar-refractivity contribution is 0.180. The second kappa shape index (κ2) is 5.33. The molecule has 0 radical (unpaired) electrons. The monoisotopic (exact) mass is 280 g/mol. The first kappa shape index (κ1) is 14.4. The molecule has 0 bridgehead atoms. The molecule has 0 fully saturated rings. The molecule has 0 aliphatic heterocycles. The van der Waals surface area contributed by atoms with Gasteiger partial charge in [-0.25, -0.2) is 12.8 Å². The highest BCUT2D eigenvalue weighted by Gasteiger charge is 2.23. The minimum Gasteiger partial charge on any atom is -0.393 e. The molecule has 0 saturated heterocycles. The number of rotatable bonds is 4. The van der Waals surface area contributed by atoms with Crippen molar-refractivity contribution < 1.29 is 17.9 Å². The third-order valence-electron chi connectivity index (χ3n) is 2.41. The molecule has 0 heterocycles. The summed E-state index contributed by atoms with van der Waals surface area (Å²) in [7, 11) is -3.47. The lowest BCUT2D eigenvalue weighted by atomic mass is 10.1. The molecule has 17 heavy (non-hydrogen) atoms. The zero-order valence-corrected chi connectivity index (χ0v) is 11.1. The number of halogens is 2. The van der Waals surface area contributed by atoms with Gasteiger partial charge in [-0.05, 0) is 31.5 Å². The van der Waals surface area contributed by atoms with Crippen LogP contribution in [0.1, 0.15) is 25.6 Å². The number of aliphatic hydroxyl groups is 1. The summed E-state index contributed by atoms with van der Waals surface area (Å²) in [5, 5.41) is 8.05. The van der Waals surface area contributed by atoms with Gasteiger partial charge >= 0.3 is 0 Å². The van der Waals surface area contributed by atoms with E-state index < -0.39 is 27.9 Å². The largest absolute Gasteiger partial charge is 0.393 e. The Kier molecular flexibility index (Phi) is 4.52. The Hall–Kier alpha value is -0.650. The summed E-state index contributed by atoms with van der Waals surface area (Å²) in [6.07, 6.45) is -1.55. The SMILES string of the molecule is CC(C)S(=O)(=O)c1ccc(C(F)CO)cc1Cl. The maximum atomic E-state index is 13.2.